The lowest BCUT2D eigenvalue weighted by atomic mass is 10.3. The van der Waals surface area contributed by atoms with Gasteiger partial charge in [0.05, 0.1) is 6.26 Å². The predicted octanol–water partition coefficient (Wildman–Crippen LogP) is 2.37. The highest BCUT2D eigenvalue weighted by molar-refractivity contribution is 5.99. The molecule has 0 aliphatic heterocycles. The quantitative estimate of drug-likeness (QED) is 0.482. The summed E-state index contributed by atoms with van der Waals surface area (Å²) in [6, 6.07) is 9.14. The van der Waals surface area contributed by atoms with E-state index in [1.165, 1.54) is 25.5 Å². The smallest absolute Gasteiger partial charge is 0.183 e. The fourth-order valence-electron chi connectivity index (χ4n) is 1.03. The Kier molecular flexibility index (Phi) is 4.97. The molecule has 0 aliphatic rings. The summed E-state index contributed by atoms with van der Waals surface area (Å²) in [6.45, 7) is 1.63. The lowest BCUT2D eigenvalue weighted by Crippen LogP contribution is -2.10. The maximum absolute atomic E-state index is 11.4. The Bertz CT molecular complexity index is 422. The molecule has 0 radical (unpaired) electrons. The predicted molar refractivity (Wildman–Crippen MR) is 64.5 cm³/mol. The average Bonchev–Trinajstić information content (AvgIpc) is 2.30. The molecule has 0 fully saturated rings. The Morgan fingerprint density at radius 2 is 2.00 bits per heavy atom. The standard InChI is InChI=1S/C13H15NO3/c1-11(14(2)16)10-12(15)8-9-17-13-6-4-3-5-7-13/h3-10,16H,1-2H3/b9-8+,11-10+. The van der Waals surface area contributed by atoms with Gasteiger partial charge in [0, 0.05) is 24.9 Å². The van der Waals surface area contributed by atoms with Crippen molar-refractivity contribution in [3.05, 3.63) is 54.4 Å². The molecular weight excluding hydrogens is 218 g/mol. The molecule has 0 saturated carbocycles. The van der Waals surface area contributed by atoms with Crippen LogP contribution in [0.2, 0.25) is 0 Å². The number of hydrogen-bond acceptors (Lipinski definition) is 4. The van der Waals surface area contributed by atoms with Gasteiger partial charge >= 0.3 is 0 Å². The molecular formula is C13H15NO3. The van der Waals surface area contributed by atoms with Crippen molar-refractivity contribution in [3.8, 4) is 5.75 Å². The number of nitrogens with zero attached hydrogens (tertiary/aromatic N) is 1. The summed E-state index contributed by atoms with van der Waals surface area (Å²) < 4.78 is 5.21. The van der Waals surface area contributed by atoms with Gasteiger partial charge < -0.3 is 4.74 Å². The van der Waals surface area contributed by atoms with E-state index < -0.39 is 0 Å². The van der Waals surface area contributed by atoms with Gasteiger partial charge in [0.2, 0.25) is 0 Å². The highest BCUT2D eigenvalue weighted by Crippen LogP contribution is 2.08. The number of ether oxygens (including phenoxy) is 1. The fraction of sp³-hybridized carbons (Fsp3) is 0.154. The van der Waals surface area contributed by atoms with Gasteiger partial charge in [-0.05, 0) is 19.1 Å². The minimum Gasteiger partial charge on any atom is -0.465 e. The fourth-order valence-corrected chi connectivity index (χ4v) is 1.03. The minimum atomic E-state index is -0.251. The first-order valence-electron chi connectivity index (χ1n) is 5.12. The number of benzene rings is 1. The third-order valence-corrected chi connectivity index (χ3v) is 2.04. The lowest BCUT2D eigenvalue weighted by molar-refractivity contribution is -0.111. The summed E-state index contributed by atoms with van der Waals surface area (Å²) in [7, 11) is 1.45. The van der Waals surface area contributed by atoms with Crippen molar-refractivity contribution in [2.75, 3.05) is 7.05 Å². The SMILES string of the molecule is C/C(=C\C(=O)/C=C/Oc1ccccc1)N(C)O. The van der Waals surface area contributed by atoms with Crippen molar-refractivity contribution in [1.82, 2.24) is 5.06 Å². The van der Waals surface area contributed by atoms with Crippen LogP contribution < -0.4 is 4.74 Å². The van der Waals surface area contributed by atoms with Gasteiger partial charge in [0.25, 0.3) is 0 Å². The number of rotatable bonds is 5. The van der Waals surface area contributed by atoms with Crippen LogP contribution in [0.5, 0.6) is 5.75 Å². The molecule has 4 nitrogen and oxygen atoms in total. The second kappa shape index (κ2) is 6.50. The molecule has 0 bridgehead atoms. The Balaban J connectivity index is 2.50. The third kappa shape index (κ3) is 4.99. The van der Waals surface area contributed by atoms with E-state index in [4.69, 9.17) is 9.94 Å². The van der Waals surface area contributed by atoms with E-state index in [1.807, 2.05) is 18.2 Å². The molecule has 0 heterocycles. The van der Waals surface area contributed by atoms with Crippen molar-refractivity contribution in [2.45, 2.75) is 6.92 Å². The summed E-state index contributed by atoms with van der Waals surface area (Å²) in [5, 5.41) is 9.91. The van der Waals surface area contributed by atoms with Crippen LogP contribution in [-0.4, -0.2) is 23.1 Å². The Morgan fingerprint density at radius 3 is 2.59 bits per heavy atom. The molecule has 17 heavy (non-hydrogen) atoms. The maximum atomic E-state index is 11.4. The second-order valence-corrected chi connectivity index (χ2v) is 3.45. The van der Waals surface area contributed by atoms with E-state index in [1.54, 1.807) is 19.1 Å². The van der Waals surface area contributed by atoms with Crippen molar-refractivity contribution < 1.29 is 14.7 Å². The van der Waals surface area contributed by atoms with Crippen LogP contribution in [0.25, 0.3) is 0 Å². The summed E-state index contributed by atoms with van der Waals surface area (Å²) >= 11 is 0. The number of para-hydroxylation sites is 1. The molecule has 0 saturated heterocycles. The Morgan fingerprint density at radius 1 is 1.35 bits per heavy atom. The molecule has 0 atom stereocenters. The van der Waals surface area contributed by atoms with Gasteiger partial charge in [-0.15, -0.1) is 0 Å². The van der Waals surface area contributed by atoms with Crippen molar-refractivity contribution in [2.24, 2.45) is 0 Å². The molecule has 4 heteroatoms. The first kappa shape index (κ1) is 13.0. The summed E-state index contributed by atoms with van der Waals surface area (Å²) in [6.07, 6.45) is 3.92. The van der Waals surface area contributed by atoms with Crippen molar-refractivity contribution in [1.29, 1.82) is 0 Å². The molecule has 90 valence electrons. The molecule has 1 aromatic carbocycles. The highest BCUT2D eigenvalue weighted by Gasteiger charge is 1.97. The van der Waals surface area contributed by atoms with Gasteiger partial charge in [-0.3, -0.25) is 15.1 Å². The third-order valence-electron chi connectivity index (χ3n) is 2.04. The molecule has 0 amide bonds. The van der Waals surface area contributed by atoms with Crippen LogP contribution >= 0.6 is 0 Å². The van der Waals surface area contributed by atoms with Gasteiger partial charge in [-0.1, -0.05) is 18.2 Å². The number of carbonyl (C=O) groups is 1. The molecule has 0 unspecified atom stereocenters. The zero-order valence-electron chi connectivity index (χ0n) is 9.83. The van der Waals surface area contributed by atoms with Crippen LogP contribution in [-0.2, 0) is 4.79 Å². The van der Waals surface area contributed by atoms with E-state index in [0.717, 1.165) is 5.06 Å². The van der Waals surface area contributed by atoms with E-state index in [2.05, 4.69) is 0 Å². The Labute approximate surface area is 100 Å². The minimum absolute atomic E-state index is 0.251. The average molecular weight is 233 g/mol. The van der Waals surface area contributed by atoms with E-state index in [-0.39, 0.29) is 5.78 Å². The zero-order valence-corrected chi connectivity index (χ0v) is 9.83. The highest BCUT2D eigenvalue weighted by atomic mass is 16.5. The van der Waals surface area contributed by atoms with Crippen LogP contribution in [0.15, 0.2) is 54.4 Å². The van der Waals surface area contributed by atoms with Crippen molar-refractivity contribution >= 4 is 5.78 Å². The normalized spacial score (nSPS) is 11.6. The number of carbonyl (C=O) groups excluding carboxylic acids is 1. The zero-order chi connectivity index (χ0) is 12.7. The number of allylic oxidation sites excluding steroid dienone is 3. The Hall–Kier alpha value is -2.07. The topological polar surface area (TPSA) is 49.8 Å². The van der Waals surface area contributed by atoms with Crippen LogP contribution in [0, 0.1) is 0 Å². The molecule has 1 N–H and O–H groups in total. The van der Waals surface area contributed by atoms with Gasteiger partial charge in [-0.25, -0.2) is 0 Å². The maximum Gasteiger partial charge on any atom is 0.183 e. The van der Waals surface area contributed by atoms with Crippen molar-refractivity contribution in [3.63, 3.8) is 0 Å². The van der Waals surface area contributed by atoms with Gasteiger partial charge in [-0.2, -0.15) is 0 Å². The van der Waals surface area contributed by atoms with E-state index in [9.17, 15) is 4.79 Å². The van der Waals surface area contributed by atoms with Gasteiger partial charge in [0.1, 0.15) is 5.75 Å². The summed E-state index contributed by atoms with van der Waals surface area (Å²) in [5.41, 5.74) is 0.458. The second-order valence-electron chi connectivity index (χ2n) is 3.45. The number of ketones is 1. The van der Waals surface area contributed by atoms with Crippen LogP contribution in [0.1, 0.15) is 6.92 Å². The molecule has 0 aromatic heterocycles. The lowest BCUT2D eigenvalue weighted by Gasteiger charge is -2.08. The molecule has 0 aliphatic carbocycles. The molecule has 0 spiro atoms. The summed E-state index contributed by atoms with van der Waals surface area (Å²) in [4.78, 5) is 11.4. The first-order valence-corrected chi connectivity index (χ1v) is 5.12. The van der Waals surface area contributed by atoms with E-state index in [0.29, 0.717) is 11.4 Å². The summed E-state index contributed by atoms with van der Waals surface area (Å²) in [5.74, 6) is 0.413. The van der Waals surface area contributed by atoms with Crippen LogP contribution in [0.4, 0.5) is 0 Å². The monoisotopic (exact) mass is 233 g/mol. The number of hydrogen-bond donors (Lipinski definition) is 1. The number of hydroxylamine groups is 2. The molecule has 1 aromatic rings. The molecule has 1 rings (SSSR count). The van der Waals surface area contributed by atoms with Gasteiger partial charge in [0.15, 0.2) is 5.78 Å². The van der Waals surface area contributed by atoms with E-state index >= 15 is 0 Å². The van der Waals surface area contributed by atoms with Crippen LogP contribution in [0.3, 0.4) is 0 Å². The largest absolute Gasteiger partial charge is 0.465 e. The first-order chi connectivity index (χ1) is 8.09.